The van der Waals surface area contributed by atoms with E-state index in [0.717, 1.165) is 31.6 Å². The zero-order valence-electron chi connectivity index (χ0n) is 12.5. The molecule has 2 heterocycles. The Labute approximate surface area is 120 Å². The number of hydrogen-bond acceptors (Lipinski definition) is 3. The van der Waals surface area contributed by atoms with Crippen molar-refractivity contribution in [3.8, 4) is 0 Å². The summed E-state index contributed by atoms with van der Waals surface area (Å²) in [4.78, 5) is 14.4. The summed E-state index contributed by atoms with van der Waals surface area (Å²) in [6.07, 6.45) is 5.48. The van der Waals surface area contributed by atoms with Crippen molar-refractivity contribution in [2.24, 2.45) is 5.92 Å². The number of rotatable bonds is 6. The minimum atomic E-state index is -0.339. The quantitative estimate of drug-likeness (QED) is 0.871. The summed E-state index contributed by atoms with van der Waals surface area (Å²) < 4.78 is 5.27. The van der Waals surface area contributed by atoms with Crippen molar-refractivity contribution in [1.29, 1.82) is 0 Å². The van der Waals surface area contributed by atoms with Crippen LogP contribution in [0.2, 0.25) is 0 Å². The van der Waals surface area contributed by atoms with E-state index in [1.54, 1.807) is 6.26 Å². The predicted molar refractivity (Wildman–Crippen MR) is 77.2 cm³/mol. The summed E-state index contributed by atoms with van der Waals surface area (Å²) in [7, 11) is 0. The van der Waals surface area contributed by atoms with Gasteiger partial charge in [-0.2, -0.15) is 0 Å². The van der Waals surface area contributed by atoms with E-state index in [2.05, 4.69) is 13.8 Å². The summed E-state index contributed by atoms with van der Waals surface area (Å²) >= 11 is 0. The summed E-state index contributed by atoms with van der Waals surface area (Å²) in [5.74, 6) is 1.45. The Morgan fingerprint density at radius 2 is 2.35 bits per heavy atom. The van der Waals surface area contributed by atoms with Crippen LogP contribution in [-0.2, 0) is 11.2 Å². The molecule has 0 radical (unpaired) electrons. The van der Waals surface area contributed by atoms with Crippen LogP contribution in [-0.4, -0.2) is 34.6 Å². The lowest BCUT2D eigenvalue weighted by atomic mass is 9.87. The molecule has 1 N–H and O–H groups in total. The first-order chi connectivity index (χ1) is 9.57. The minimum Gasteiger partial charge on any atom is -0.469 e. The Bertz CT molecular complexity index is 427. The lowest BCUT2D eigenvalue weighted by molar-refractivity contribution is -0.137. The maximum atomic E-state index is 12.5. The lowest BCUT2D eigenvalue weighted by Crippen LogP contribution is -2.50. The Morgan fingerprint density at radius 1 is 1.55 bits per heavy atom. The Hall–Kier alpha value is -1.29. The van der Waals surface area contributed by atoms with E-state index in [1.165, 1.54) is 0 Å². The minimum absolute atomic E-state index is 0.0671. The van der Waals surface area contributed by atoms with Crippen molar-refractivity contribution >= 4 is 5.91 Å². The molecule has 1 aliphatic heterocycles. The second-order valence-corrected chi connectivity index (χ2v) is 6.21. The van der Waals surface area contributed by atoms with Crippen molar-refractivity contribution in [3.05, 3.63) is 24.2 Å². The van der Waals surface area contributed by atoms with Gasteiger partial charge in [0.2, 0.25) is 5.91 Å². The largest absolute Gasteiger partial charge is 0.469 e. The number of aliphatic hydroxyl groups is 1. The van der Waals surface area contributed by atoms with Crippen molar-refractivity contribution in [3.63, 3.8) is 0 Å². The predicted octanol–water partition coefficient (Wildman–Crippen LogP) is 2.61. The molecule has 1 saturated heterocycles. The van der Waals surface area contributed by atoms with E-state index in [-0.39, 0.29) is 18.1 Å². The number of furan rings is 1. The number of likely N-dealkylation sites (tertiary alicyclic amines) is 1. The summed E-state index contributed by atoms with van der Waals surface area (Å²) in [6, 6.07) is 3.73. The average Bonchev–Trinajstić information content (AvgIpc) is 3.05. The molecule has 0 aliphatic carbocycles. The van der Waals surface area contributed by atoms with Crippen LogP contribution in [0.5, 0.6) is 0 Å². The molecule has 1 fully saturated rings. The monoisotopic (exact) mass is 279 g/mol. The smallest absolute Gasteiger partial charge is 0.223 e. The Morgan fingerprint density at radius 3 is 2.95 bits per heavy atom. The maximum absolute atomic E-state index is 12.5. The van der Waals surface area contributed by atoms with Gasteiger partial charge in [0, 0.05) is 19.4 Å². The first-order valence-corrected chi connectivity index (χ1v) is 7.51. The normalized spacial score (nSPS) is 22.7. The number of carbonyl (C=O) groups excluding carboxylic acids is 1. The summed E-state index contributed by atoms with van der Waals surface area (Å²) in [6.45, 7) is 5.12. The van der Waals surface area contributed by atoms with Crippen LogP contribution < -0.4 is 0 Å². The Balaban J connectivity index is 1.99. The van der Waals surface area contributed by atoms with Crippen LogP contribution >= 0.6 is 0 Å². The zero-order valence-corrected chi connectivity index (χ0v) is 12.5. The van der Waals surface area contributed by atoms with Crippen LogP contribution in [0.3, 0.4) is 0 Å². The molecule has 1 aromatic heterocycles. The highest BCUT2D eigenvalue weighted by Crippen LogP contribution is 2.35. The number of aliphatic hydroxyl groups excluding tert-OH is 1. The molecule has 4 nitrogen and oxygen atoms in total. The van der Waals surface area contributed by atoms with E-state index >= 15 is 0 Å². The molecule has 2 rings (SSSR count). The van der Waals surface area contributed by atoms with Gasteiger partial charge in [0.25, 0.3) is 0 Å². The molecule has 4 heteroatoms. The number of aryl methyl sites for hydroxylation is 1. The van der Waals surface area contributed by atoms with E-state index in [1.807, 2.05) is 17.0 Å². The fourth-order valence-electron chi connectivity index (χ4n) is 3.35. The highest BCUT2D eigenvalue weighted by Gasteiger charge is 2.42. The molecule has 0 spiro atoms. The van der Waals surface area contributed by atoms with E-state index < -0.39 is 0 Å². The molecule has 1 atom stereocenters. The van der Waals surface area contributed by atoms with Gasteiger partial charge in [-0.15, -0.1) is 0 Å². The second kappa shape index (κ2) is 6.44. The average molecular weight is 279 g/mol. The third kappa shape index (κ3) is 3.23. The van der Waals surface area contributed by atoms with Gasteiger partial charge in [0.15, 0.2) is 0 Å². The molecule has 1 unspecified atom stereocenters. The zero-order chi connectivity index (χ0) is 14.6. The number of amides is 1. The standard InChI is InChI=1S/C16H25NO3/c1-13(2)11-16(12-18)8-4-9-17(16)15(19)7-6-14-5-3-10-20-14/h3,5,10,13,18H,4,6-9,11-12H2,1-2H3. The van der Waals surface area contributed by atoms with Crippen molar-refractivity contribution in [2.75, 3.05) is 13.2 Å². The third-order valence-corrected chi connectivity index (χ3v) is 4.15. The fraction of sp³-hybridized carbons (Fsp3) is 0.688. The van der Waals surface area contributed by atoms with Gasteiger partial charge >= 0.3 is 0 Å². The van der Waals surface area contributed by atoms with Gasteiger partial charge in [-0.3, -0.25) is 4.79 Å². The van der Waals surface area contributed by atoms with Crippen LogP contribution in [0, 0.1) is 5.92 Å². The molecular weight excluding hydrogens is 254 g/mol. The number of hydrogen-bond donors (Lipinski definition) is 1. The first kappa shape index (κ1) is 15.1. The van der Waals surface area contributed by atoms with E-state index in [4.69, 9.17) is 4.42 Å². The van der Waals surface area contributed by atoms with Gasteiger partial charge < -0.3 is 14.4 Å². The number of carbonyl (C=O) groups is 1. The SMILES string of the molecule is CC(C)CC1(CO)CCCN1C(=O)CCc1ccco1. The molecule has 0 bridgehead atoms. The van der Waals surface area contributed by atoms with Crippen LogP contribution in [0.15, 0.2) is 22.8 Å². The summed E-state index contributed by atoms with van der Waals surface area (Å²) in [5.41, 5.74) is -0.339. The summed E-state index contributed by atoms with van der Waals surface area (Å²) in [5, 5.41) is 9.82. The molecular formula is C16H25NO3. The van der Waals surface area contributed by atoms with Crippen LogP contribution in [0.25, 0.3) is 0 Å². The molecule has 0 aromatic carbocycles. The molecule has 1 amide bonds. The maximum Gasteiger partial charge on any atom is 0.223 e. The van der Waals surface area contributed by atoms with Gasteiger partial charge in [0.1, 0.15) is 5.76 Å². The van der Waals surface area contributed by atoms with Crippen LogP contribution in [0.4, 0.5) is 0 Å². The highest BCUT2D eigenvalue weighted by atomic mass is 16.3. The topological polar surface area (TPSA) is 53.7 Å². The van der Waals surface area contributed by atoms with Gasteiger partial charge in [-0.05, 0) is 37.3 Å². The van der Waals surface area contributed by atoms with Gasteiger partial charge in [-0.1, -0.05) is 13.8 Å². The second-order valence-electron chi connectivity index (χ2n) is 6.21. The van der Waals surface area contributed by atoms with E-state index in [9.17, 15) is 9.90 Å². The third-order valence-electron chi connectivity index (χ3n) is 4.15. The molecule has 1 aliphatic rings. The van der Waals surface area contributed by atoms with Gasteiger partial charge in [-0.25, -0.2) is 0 Å². The molecule has 20 heavy (non-hydrogen) atoms. The number of nitrogens with zero attached hydrogens (tertiary/aromatic N) is 1. The lowest BCUT2D eigenvalue weighted by Gasteiger charge is -2.38. The van der Waals surface area contributed by atoms with E-state index in [0.29, 0.717) is 18.8 Å². The fourth-order valence-corrected chi connectivity index (χ4v) is 3.35. The van der Waals surface area contributed by atoms with Crippen LogP contribution in [0.1, 0.15) is 45.3 Å². The molecule has 112 valence electrons. The van der Waals surface area contributed by atoms with Crippen molar-refractivity contribution in [2.45, 2.75) is 51.5 Å². The van der Waals surface area contributed by atoms with Gasteiger partial charge in [0.05, 0.1) is 18.4 Å². The highest BCUT2D eigenvalue weighted by molar-refractivity contribution is 5.77. The first-order valence-electron chi connectivity index (χ1n) is 7.51. The molecule has 1 aromatic rings. The van der Waals surface area contributed by atoms with Crippen molar-refractivity contribution in [1.82, 2.24) is 4.90 Å². The Kier molecular flexibility index (Phi) is 4.86. The molecule has 0 saturated carbocycles. The van der Waals surface area contributed by atoms with Crippen molar-refractivity contribution < 1.29 is 14.3 Å².